The van der Waals surface area contributed by atoms with Crippen LogP contribution in [0, 0.1) is 11.8 Å². The predicted molar refractivity (Wildman–Crippen MR) is 335 cm³/mol. The lowest BCUT2D eigenvalue weighted by Gasteiger charge is -2.30. The van der Waals surface area contributed by atoms with Gasteiger partial charge in [0.1, 0.15) is 72.6 Å². The van der Waals surface area contributed by atoms with Crippen LogP contribution >= 0.6 is 0 Å². The molecule has 0 unspecified atom stereocenters. The van der Waals surface area contributed by atoms with E-state index in [1.807, 2.05) is 13.8 Å². The number of nitrogens with two attached hydrogens (primary N) is 6. The number of aliphatic hydroxyl groups excluding tert-OH is 2. The molecule has 1 heterocycles. The van der Waals surface area contributed by atoms with Crippen molar-refractivity contribution in [3.8, 4) is 0 Å². The van der Waals surface area contributed by atoms with E-state index in [4.69, 9.17) is 39.1 Å². The highest BCUT2D eigenvalue weighted by molar-refractivity contribution is 5.99. The third-order valence-electron chi connectivity index (χ3n) is 14.7. The number of aliphatic hydroxyl groups is 2. The summed E-state index contributed by atoms with van der Waals surface area (Å²) in [5.41, 5.74) is 35.9. The molecule has 1 aromatic carbocycles. The molecule has 2 rings (SSSR count). The van der Waals surface area contributed by atoms with Crippen LogP contribution in [0.15, 0.2) is 30.3 Å². The Morgan fingerprint density at radius 2 is 1.05 bits per heavy atom. The second-order valence-corrected chi connectivity index (χ2v) is 23.6. The minimum Gasteiger partial charge on any atom is -0.459 e. The highest BCUT2D eigenvalue weighted by Gasteiger charge is 2.39. The molecule has 1 saturated heterocycles. The van der Waals surface area contributed by atoms with Crippen molar-refractivity contribution in [1.82, 2.24) is 58.5 Å². The quantitative estimate of drug-likeness (QED) is 0.0243. The molecule has 1 fully saturated rings. The minimum atomic E-state index is -1.85. The van der Waals surface area contributed by atoms with Gasteiger partial charge < -0.3 is 108 Å². The van der Waals surface area contributed by atoms with Crippen molar-refractivity contribution in [1.29, 1.82) is 0 Å². The molecular weight excluding hydrogens is 1190 g/mol. The zero-order chi connectivity index (χ0) is 68.5. The van der Waals surface area contributed by atoms with Crippen LogP contribution in [0.2, 0.25) is 0 Å². The average molecular weight is 1290 g/mol. The van der Waals surface area contributed by atoms with Crippen LogP contribution in [0.25, 0.3) is 0 Å². The van der Waals surface area contributed by atoms with Gasteiger partial charge in [-0.15, -0.1) is 0 Å². The van der Waals surface area contributed by atoms with Crippen LogP contribution in [0.1, 0.15) is 125 Å². The summed E-state index contributed by atoms with van der Waals surface area (Å²) < 4.78 is 5.44. The number of rotatable bonds is 31. The molecule has 0 aliphatic carbocycles. The predicted octanol–water partition coefficient (Wildman–Crippen LogP) is -6.38. The first-order valence-corrected chi connectivity index (χ1v) is 31.2. The molecular formula is C59H103N17O15. The molecule has 0 bridgehead atoms. The fourth-order valence-corrected chi connectivity index (χ4v) is 9.49. The van der Waals surface area contributed by atoms with Gasteiger partial charge in [0, 0.05) is 19.4 Å². The van der Waals surface area contributed by atoms with Gasteiger partial charge in [-0.25, -0.2) is 0 Å². The van der Waals surface area contributed by atoms with Gasteiger partial charge in [0.05, 0.1) is 12.2 Å². The number of amides is 11. The van der Waals surface area contributed by atoms with Gasteiger partial charge in [-0.2, -0.15) is 0 Å². The van der Waals surface area contributed by atoms with Crippen LogP contribution in [-0.2, 0) is 68.7 Å². The Bertz CT molecular complexity index is 2530. The summed E-state index contributed by atoms with van der Waals surface area (Å²) in [4.78, 5) is 169. The standard InChI is InChI=1S/C59H103N17O15/c1-31(2)13-11-12-16-45(79)67-37(17-23-60)53(84)76-48(35(7)91-59(90)46(65)33(5)77)58(89)72-40(20-26-63)50(81)71-42-22-28-66-57(88)47(34(6)78)75-54(85)41(21-27-64)69-49(80)38(18-24-61)70-55(86)43(29-32(3)4)73-56(87)44(30-36-14-9-8-10-15-36)74-51(82)39(19-25-62)68-52(42)83/h8-10,14-15,31-35,37-44,46-48,77-78H,11-13,16-30,60-65H2,1-7H3,(H,66,88)(H,67,79)(H,68,83)(H,69,80)(H,70,86)(H,71,81)(H,72,89)(H,73,87)(H,74,82)(H,75,85)(H,76,84)/t33-,34-,35-,37+,38+,39+,40+,41+,42+,43+,44-,46+,47+,48+/m1/s1. The molecule has 14 atom stereocenters. The molecule has 25 N–H and O–H groups in total. The van der Waals surface area contributed by atoms with E-state index in [2.05, 4.69) is 58.5 Å². The minimum absolute atomic E-state index is 0.0253. The zero-order valence-corrected chi connectivity index (χ0v) is 53.5. The third-order valence-corrected chi connectivity index (χ3v) is 14.7. The van der Waals surface area contributed by atoms with Crippen molar-refractivity contribution in [3.63, 3.8) is 0 Å². The number of hydrogen-bond acceptors (Lipinski definition) is 21. The van der Waals surface area contributed by atoms with Gasteiger partial charge in [0.25, 0.3) is 0 Å². The summed E-state index contributed by atoms with van der Waals surface area (Å²) in [7, 11) is 0. The van der Waals surface area contributed by atoms with E-state index in [1.54, 1.807) is 44.2 Å². The van der Waals surface area contributed by atoms with Gasteiger partial charge in [0.15, 0.2) is 0 Å². The number of carbonyl (C=O) groups excluding carboxylic acids is 12. The number of hydrogen-bond donors (Lipinski definition) is 19. The van der Waals surface area contributed by atoms with Crippen LogP contribution in [0.5, 0.6) is 0 Å². The van der Waals surface area contributed by atoms with Gasteiger partial charge in [-0.3, -0.25) is 57.5 Å². The van der Waals surface area contributed by atoms with Gasteiger partial charge in [-0.05, 0) is 122 Å². The highest BCUT2D eigenvalue weighted by Crippen LogP contribution is 2.13. The molecule has 1 aromatic rings. The summed E-state index contributed by atoms with van der Waals surface area (Å²) in [6.07, 6.45) is -4.11. The molecule has 1 aliphatic heterocycles. The number of ether oxygens (including phenoxy) is 1. The summed E-state index contributed by atoms with van der Waals surface area (Å²) in [5, 5.41) is 48.9. The van der Waals surface area contributed by atoms with Crippen LogP contribution in [-0.4, -0.2) is 205 Å². The Hall–Kier alpha value is -7.46. The SMILES string of the molecule is CC(C)CCCCC(=O)N[C@@H](CCN)C(=O)N[C@H](C(=O)N[C@@H](CCN)C(=O)N[C@H]1CCNC(=O)[C@H]([C@@H](C)O)NC(=O)[C@H](CCN)NC(=O)[C@H](CCN)NC(=O)[C@H](CC(C)C)NC(=O)[C@@H](Cc2ccccc2)NC(=O)[C@H](CCN)NC1=O)[C@@H](C)OC(=O)[C@@H](N)[C@@H](C)O. The molecule has 91 heavy (non-hydrogen) atoms. The Morgan fingerprint density at radius 1 is 0.560 bits per heavy atom. The molecule has 0 radical (unpaired) electrons. The summed E-state index contributed by atoms with van der Waals surface area (Å²) in [6.45, 7) is 9.81. The fraction of sp³-hybridized carbons (Fsp3) is 0.695. The van der Waals surface area contributed by atoms with Gasteiger partial charge in [-0.1, -0.05) is 70.9 Å². The maximum absolute atomic E-state index is 14.7. The lowest BCUT2D eigenvalue weighted by atomic mass is 10.00. The van der Waals surface area contributed by atoms with E-state index >= 15 is 0 Å². The lowest BCUT2D eigenvalue weighted by Crippen LogP contribution is -2.62. The van der Waals surface area contributed by atoms with E-state index in [-0.39, 0.29) is 90.0 Å². The smallest absolute Gasteiger partial charge is 0.325 e. The lowest BCUT2D eigenvalue weighted by molar-refractivity contribution is -0.156. The molecule has 0 saturated carbocycles. The zero-order valence-electron chi connectivity index (χ0n) is 53.5. The van der Waals surface area contributed by atoms with E-state index in [0.717, 1.165) is 12.8 Å². The summed E-state index contributed by atoms with van der Waals surface area (Å²) >= 11 is 0. The van der Waals surface area contributed by atoms with Crippen LogP contribution in [0.4, 0.5) is 0 Å². The van der Waals surface area contributed by atoms with Gasteiger partial charge in [0.2, 0.25) is 65.0 Å². The maximum Gasteiger partial charge on any atom is 0.325 e. The Labute approximate surface area is 531 Å². The Balaban J connectivity index is 2.80. The molecule has 32 nitrogen and oxygen atoms in total. The fourth-order valence-electron chi connectivity index (χ4n) is 9.49. The molecule has 514 valence electrons. The molecule has 32 heteroatoms. The first-order valence-electron chi connectivity index (χ1n) is 31.2. The van der Waals surface area contributed by atoms with Crippen molar-refractivity contribution in [3.05, 3.63) is 35.9 Å². The number of benzene rings is 1. The Morgan fingerprint density at radius 3 is 1.56 bits per heavy atom. The van der Waals surface area contributed by atoms with Crippen LogP contribution < -0.4 is 92.9 Å². The van der Waals surface area contributed by atoms with Crippen molar-refractivity contribution in [2.75, 3.05) is 39.3 Å². The van der Waals surface area contributed by atoms with E-state index in [0.29, 0.717) is 17.9 Å². The number of nitrogens with one attached hydrogen (secondary N) is 11. The highest BCUT2D eigenvalue weighted by atomic mass is 16.5. The first-order chi connectivity index (χ1) is 43.0. The normalized spacial score (nSPS) is 22.5. The first kappa shape index (κ1) is 79.6. The second-order valence-electron chi connectivity index (χ2n) is 23.6. The average Bonchev–Trinajstić information content (AvgIpc) is 2.25. The number of esters is 1. The topological polar surface area (TPSA) is 543 Å². The third kappa shape index (κ3) is 28.7. The molecule has 11 amide bonds. The summed E-state index contributed by atoms with van der Waals surface area (Å²) in [6, 6.07) is -8.54. The molecule has 0 aromatic heterocycles. The largest absolute Gasteiger partial charge is 0.459 e. The molecule has 0 spiro atoms. The number of carbonyl (C=O) groups is 12. The van der Waals surface area contributed by atoms with Crippen molar-refractivity contribution < 1.29 is 72.5 Å². The Kier molecular flexibility index (Phi) is 36.6. The number of unbranched alkanes of at least 4 members (excludes halogenated alkanes) is 1. The van der Waals surface area contributed by atoms with Crippen molar-refractivity contribution in [2.45, 2.75) is 210 Å². The maximum atomic E-state index is 14.7. The van der Waals surface area contributed by atoms with E-state index in [1.165, 1.54) is 20.8 Å². The second kappa shape index (κ2) is 41.8. The van der Waals surface area contributed by atoms with E-state index in [9.17, 15) is 67.7 Å². The van der Waals surface area contributed by atoms with Crippen LogP contribution in [0.3, 0.4) is 0 Å². The molecule has 1 aliphatic rings. The monoisotopic (exact) mass is 1290 g/mol. The van der Waals surface area contributed by atoms with Gasteiger partial charge >= 0.3 is 5.97 Å². The van der Waals surface area contributed by atoms with E-state index < -0.39 is 169 Å². The van der Waals surface area contributed by atoms with Crippen molar-refractivity contribution in [2.24, 2.45) is 46.2 Å². The summed E-state index contributed by atoms with van der Waals surface area (Å²) in [5.74, 6) is -11.3. The van der Waals surface area contributed by atoms with Crippen molar-refractivity contribution >= 4 is 70.9 Å².